The topological polar surface area (TPSA) is 63.2 Å². The molecule has 1 aromatic carbocycles. The van der Waals surface area contributed by atoms with Crippen LogP contribution in [0.1, 0.15) is 35.3 Å². The molecular weight excluding hydrogens is 312 g/mol. The first kappa shape index (κ1) is 20.0. The lowest BCUT2D eigenvalue weighted by atomic mass is 9.96. The van der Waals surface area contributed by atoms with Crippen LogP contribution in [0.5, 0.6) is 11.5 Å². The van der Waals surface area contributed by atoms with Gasteiger partial charge in [-0.1, -0.05) is 11.6 Å². The summed E-state index contributed by atoms with van der Waals surface area (Å²) in [4.78, 5) is 12.3. The van der Waals surface area contributed by atoms with E-state index >= 15 is 0 Å². The molecule has 0 N–H and O–H groups in total. The van der Waals surface area contributed by atoms with Gasteiger partial charge in [0.05, 0.1) is 12.7 Å². The third-order valence-electron chi connectivity index (χ3n) is 3.37. The molecule has 0 aliphatic rings. The van der Waals surface area contributed by atoms with Gasteiger partial charge >= 0.3 is 5.97 Å². The van der Waals surface area contributed by atoms with E-state index in [9.17, 15) is 4.79 Å². The van der Waals surface area contributed by atoms with Crippen LogP contribution >= 0.6 is 0 Å². The van der Waals surface area contributed by atoms with Gasteiger partial charge in [-0.2, -0.15) is 0 Å². The Morgan fingerprint density at radius 2 is 1.62 bits per heavy atom. The average molecular weight is 338 g/mol. The van der Waals surface area contributed by atoms with Gasteiger partial charge in [-0.15, -0.1) is 0 Å². The molecule has 24 heavy (non-hydrogen) atoms. The van der Waals surface area contributed by atoms with Crippen molar-refractivity contribution in [3.05, 3.63) is 34.4 Å². The summed E-state index contributed by atoms with van der Waals surface area (Å²) in [6, 6.07) is 1.74. The lowest BCUT2D eigenvalue weighted by molar-refractivity contribution is 0.0442. The summed E-state index contributed by atoms with van der Waals surface area (Å²) in [5, 5.41) is 0. The Morgan fingerprint density at radius 1 is 1.04 bits per heavy atom. The Balaban J connectivity index is 3.49. The van der Waals surface area contributed by atoms with Crippen molar-refractivity contribution in [1.82, 2.24) is 0 Å². The lowest BCUT2D eigenvalue weighted by Gasteiger charge is -2.19. The Labute approximate surface area is 143 Å². The van der Waals surface area contributed by atoms with E-state index in [1.165, 1.54) is 21.3 Å². The fraction of sp³-hybridized carbons (Fsp3) is 0.500. The molecule has 0 aromatic heterocycles. The van der Waals surface area contributed by atoms with Crippen LogP contribution in [-0.4, -0.2) is 40.9 Å². The molecule has 0 spiro atoms. The molecule has 6 nitrogen and oxygen atoms in total. The van der Waals surface area contributed by atoms with Crippen molar-refractivity contribution < 1.29 is 28.5 Å². The van der Waals surface area contributed by atoms with Gasteiger partial charge in [-0.25, -0.2) is 4.79 Å². The van der Waals surface area contributed by atoms with E-state index in [0.717, 1.165) is 11.1 Å². The quantitative estimate of drug-likeness (QED) is 0.391. The van der Waals surface area contributed by atoms with Crippen LogP contribution in [0.2, 0.25) is 0 Å². The molecule has 6 heteroatoms. The fourth-order valence-corrected chi connectivity index (χ4v) is 2.20. The third kappa shape index (κ3) is 5.25. The maximum absolute atomic E-state index is 12.3. The number of hydrogen-bond acceptors (Lipinski definition) is 6. The monoisotopic (exact) mass is 338 g/mol. The first-order chi connectivity index (χ1) is 11.5. The molecule has 134 valence electrons. The van der Waals surface area contributed by atoms with Crippen LogP contribution in [0.15, 0.2) is 17.7 Å². The highest BCUT2D eigenvalue weighted by atomic mass is 16.7. The average Bonchev–Trinajstić information content (AvgIpc) is 2.56. The SMILES string of the molecule is COCOc1cc(OCOC)c(CC=C(C)C)c(C(=O)OC)c1C. The van der Waals surface area contributed by atoms with E-state index in [1.54, 1.807) is 6.07 Å². The van der Waals surface area contributed by atoms with Crippen LogP contribution in [0.3, 0.4) is 0 Å². The lowest BCUT2D eigenvalue weighted by Crippen LogP contribution is -2.13. The van der Waals surface area contributed by atoms with E-state index in [2.05, 4.69) is 0 Å². The minimum absolute atomic E-state index is 0.0647. The van der Waals surface area contributed by atoms with Crippen LogP contribution in [-0.2, 0) is 20.6 Å². The zero-order valence-electron chi connectivity index (χ0n) is 15.2. The van der Waals surface area contributed by atoms with Crippen molar-refractivity contribution in [3.63, 3.8) is 0 Å². The van der Waals surface area contributed by atoms with E-state index in [4.69, 9.17) is 23.7 Å². The van der Waals surface area contributed by atoms with Crippen LogP contribution in [0.4, 0.5) is 0 Å². The van der Waals surface area contributed by atoms with Crippen LogP contribution in [0, 0.1) is 6.92 Å². The second-order valence-electron chi connectivity index (χ2n) is 5.43. The van der Waals surface area contributed by atoms with Gasteiger partial charge in [-0.05, 0) is 27.2 Å². The number of esters is 1. The highest BCUT2D eigenvalue weighted by Gasteiger charge is 2.23. The zero-order chi connectivity index (χ0) is 18.1. The van der Waals surface area contributed by atoms with Gasteiger partial charge < -0.3 is 23.7 Å². The number of allylic oxidation sites excluding steroid dienone is 2. The largest absolute Gasteiger partial charge is 0.467 e. The molecule has 1 aromatic rings. The van der Waals surface area contributed by atoms with E-state index < -0.39 is 5.97 Å². The Morgan fingerprint density at radius 3 is 2.12 bits per heavy atom. The fourth-order valence-electron chi connectivity index (χ4n) is 2.20. The Hall–Kier alpha value is -2.05. The van der Waals surface area contributed by atoms with Gasteiger partial charge in [0.15, 0.2) is 13.6 Å². The summed E-state index contributed by atoms with van der Waals surface area (Å²) in [6.45, 7) is 5.93. The molecule has 0 amide bonds. The minimum Gasteiger partial charge on any atom is -0.467 e. The standard InChI is InChI=1S/C18H26O6/c1-12(2)7-8-14-16(24-11-21-5)9-15(23-10-20-4)13(3)17(14)18(19)22-6/h7,9H,8,10-11H2,1-6H3. The van der Waals surface area contributed by atoms with Gasteiger partial charge in [0.2, 0.25) is 0 Å². The number of rotatable bonds is 9. The van der Waals surface area contributed by atoms with Crippen molar-refractivity contribution >= 4 is 5.97 Å². The van der Waals surface area contributed by atoms with Crippen molar-refractivity contribution in [1.29, 1.82) is 0 Å². The molecule has 0 fully saturated rings. The number of hydrogen-bond donors (Lipinski definition) is 0. The zero-order valence-corrected chi connectivity index (χ0v) is 15.2. The number of methoxy groups -OCH3 is 3. The molecule has 0 heterocycles. The van der Waals surface area contributed by atoms with Gasteiger partial charge in [-0.3, -0.25) is 0 Å². The Kier molecular flexibility index (Phi) is 8.29. The summed E-state index contributed by atoms with van der Waals surface area (Å²) in [5.41, 5.74) is 3.00. The summed E-state index contributed by atoms with van der Waals surface area (Å²) >= 11 is 0. The predicted octanol–water partition coefficient (Wildman–Crippen LogP) is 3.26. The Bertz CT molecular complexity index is 588. The summed E-state index contributed by atoms with van der Waals surface area (Å²) in [7, 11) is 4.42. The predicted molar refractivity (Wildman–Crippen MR) is 90.7 cm³/mol. The van der Waals surface area contributed by atoms with Gasteiger partial charge in [0.1, 0.15) is 11.5 Å². The van der Waals surface area contributed by atoms with Crippen molar-refractivity contribution in [3.8, 4) is 11.5 Å². The molecule has 0 saturated heterocycles. The maximum Gasteiger partial charge on any atom is 0.338 e. The van der Waals surface area contributed by atoms with E-state index in [1.807, 2.05) is 26.8 Å². The van der Waals surface area contributed by atoms with Gasteiger partial charge in [0, 0.05) is 31.4 Å². The van der Waals surface area contributed by atoms with Gasteiger partial charge in [0.25, 0.3) is 0 Å². The molecular formula is C18H26O6. The van der Waals surface area contributed by atoms with Crippen LogP contribution < -0.4 is 9.47 Å². The highest BCUT2D eigenvalue weighted by Crippen LogP contribution is 2.35. The molecule has 0 saturated carbocycles. The molecule has 0 aliphatic carbocycles. The van der Waals surface area contributed by atoms with E-state index in [-0.39, 0.29) is 13.6 Å². The highest BCUT2D eigenvalue weighted by molar-refractivity contribution is 5.94. The summed E-state index contributed by atoms with van der Waals surface area (Å²) < 4.78 is 26.1. The summed E-state index contributed by atoms with van der Waals surface area (Å²) in [5.74, 6) is 0.588. The number of benzene rings is 1. The molecule has 1 rings (SSSR count). The number of carbonyl (C=O) groups excluding carboxylic acids is 1. The molecule has 0 radical (unpaired) electrons. The number of carbonyl (C=O) groups is 1. The summed E-state index contributed by atoms with van der Waals surface area (Å²) in [6.07, 6.45) is 2.56. The smallest absolute Gasteiger partial charge is 0.338 e. The van der Waals surface area contributed by atoms with Crippen molar-refractivity contribution in [2.45, 2.75) is 27.2 Å². The van der Waals surface area contributed by atoms with Crippen molar-refractivity contribution in [2.75, 3.05) is 34.9 Å². The molecule has 0 unspecified atom stereocenters. The normalized spacial score (nSPS) is 10.2. The van der Waals surface area contributed by atoms with E-state index in [0.29, 0.717) is 29.0 Å². The molecule has 0 bridgehead atoms. The van der Waals surface area contributed by atoms with Crippen molar-refractivity contribution in [2.24, 2.45) is 0 Å². The minimum atomic E-state index is -0.435. The van der Waals surface area contributed by atoms with Crippen LogP contribution in [0.25, 0.3) is 0 Å². The molecule has 0 atom stereocenters. The number of ether oxygens (including phenoxy) is 5. The molecule has 0 aliphatic heterocycles. The first-order valence-corrected chi connectivity index (χ1v) is 7.57. The maximum atomic E-state index is 12.3. The second kappa shape index (κ2) is 9.95. The third-order valence-corrected chi connectivity index (χ3v) is 3.37. The first-order valence-electron chi connectivity index (χ1n) is 7.57. The second-order valence-corrected chi connectivity index (χ2v) is 5.43.